The summed E-state index contributed by atoms with van der Waals surface area (Å²) in [7, 11) is 0. The summed E-state index contributed by atoms with van der Waals surface area (Å²) < 4.78 is 5.14. The molecular formula is C46H29NS. The maximum atomic E-state index is 2.43. The quantitative estimate of drug-likeness (QED) is 0.183. The smallest absolute Gasteiger partial charge is 0.0547 e. The van der Waals surface area contributed by atoms with E-state index in [9.17, 15) is 0 Å². The molecule has 1 nitrogen and oxygen atoms in total. The third-order valence-corrected chi connectivity index (χ3v) is 11.0. The van der Waals surface area contributed by atoms with Crippen molar-refractivity contribution >= 4 is 64.1 Å². The minimum Gasteiger partial charge on any atom is -0.309 e. The molecule has 0 unspecified atom stereocenters. The van der Waals surface area contributed by atoms with E-state index in [0.717, 1.165) is 5.69 Å². The topological polar surface area (TPSA) is 4.93 Å². The van der Waals surface area contributed by atoms with E-state index in [1.54, 1.807) is 0 Å². The zero-order valence-corrected chi connectivity index (χ0v) is 26.9. The summed E-state index contributed by atoms with van der Waals surface area (Å²) >= 11 is 1.90. The van der Waals surface area contributed by atoms with Crippen molar-refractivity contribution in [1.29, 1.82) is 0 Å². The van der Waals surface area contributed by atoms with Crippen LogP contribution in [-0.4, -0.2) is 4.57 Å². The lowest BCUT2D eigenvalue weighted by Gasteiger charge is -2.13. The lowest BCUT2D eigenvalue weighted by atomic mass is 9.93. The Hall–Kier alpha value is -5.96. The third kappa shape index (κ3) is 4.24. The number of para-hydroxylation sites is 1. The van der Waals surface area contributed by atoms with Crippen LogP contribution in [0.2, 0.25) is 0 Å². The van der Waals surface area contributed by atoms with E-state index in [2.05, 4.69) is 180 Å². The average molecular weight is 628 g/mol. The second-order valence-corrected chi connectivity index (χ2v) is 13.6. The predicted molar refractivity (Wildman–Crippen MR) is 207 cm³/mol. The zero-order valence-electron chi connectivity index (χ0n) is 26.1. The minimum atomic E-state index is 1.16. The highest BCUT2D eigenvalue weighted by Crippen LogP contribution is 2.43. The first-order valence-electron chi connectivity index (χ1n) is 16.4. The van der Waals surface area contributed by atoms with Crippen LogP contribution in [0, 0.1) is 0 Å². The fourth-order valence-corrected chi connectivity index (χ4v) is 8.76. The monoisotopic (exact) mass is 627 g/mol. The molecule has 0 radical (unpaired) electrons. The first kappa shape index (κ1) is 27.2. The van der Waals surface area contributed by atoms with Crippen LogP contribution < -0.4 is 0 Å². The van der Waals surface area contributed by atoms with Crippen molar-refractivity contribution in [1.82, 2.24) is 4.57 Å². The number of aromatic nitrogens is 1. The molecule has 2 aromatic heterocycles. The fourth-order valence-electron chi connectivity index (χ4n) is 7.53. The summed E-state index contributed by atoms with van der Waals surface area (Å²) in [6, 6.07) is 64.3. The van der Waals surface area contributed by atoms with E-state index in [1.165, 1.54) is 86.1 Å². The van der Waals surface area contributed by atoms with Crippen molar-refractivity contribution in [2.24, 2.45) is 0 Å². The highest BCUT2D eigenvalue weighted by Gasteiger charge is 2.17. The van der Waals surface area contributed by atoms with E-state index in [1.807, 2.05) is 11.3 Å². The molecule has 0 fully saturated rings. The molecule has 0 aliphatic carbocycles. The van der Waals surface area contributed by atoms with Crippen LogP contribution in [0.15, 0.2) is 176 Å². The second kappa shape index (κ2) is 10.8. The first-order chi connectivity index (χ1) is 23.8. The number of benzene rings is 8. The van der Waals surface area contributed by atoms with Gasteiger partial charge < -0.3 is 4.57 Å². The van der Waals surface area contributed by atoms with Gasteiger partial charge in [0.2, 0.25) is 0 Å². The van der Waals surface area contributed by atoms with E-state index < -0.39 is 0 Å². The summed E-state index contributed by atoms with van der Waals surface area (Å²) in [5.74, 6) is 0. The Morgan fingerprint density at radius 3 is 1.54 bits per heavy atom. The van der Waals surface area contributed by atoms with E-state index in [0.29, 0.717) is 0 Å². The van der Waals surface area contributed by atoms with E-state index in [4.69, 9.17) is 0 Å². The van der Waals surface area contributed by atoms with Gasteiger partial charge in [0.05, 0.1) is 11.0 Å². The van der Waals surface area contributed by atoms with Crippen LogP contribution in [0.1, 0.15) is 0 Å². The molecular weight excluding hydrogens is 599 g/mol. The lowest BCUT2D eigenvalue weighted by molar-refractivity contribution is 1.18. The number of hydrogen-bond acceptors (Lipinski definition) is 1. The zero-order chi connectivity index (χ0) is 31.6. The largest absolute Gasteiger partial charge is 0.309 e. The summed E-state index contributed by atoms with van der Waals surface area (Å²) in [6.45, 7) is 0. The molecule has 0 atom stereocenters. The van der Waals surface area contributed by atoms with Gasteiger partial charge in [-0.2, -0.15) is 0 Å². The van der Waals surface area contributed by atoms with Gasteiger partial charge in [0.1, 0.15) is 0 Å². The molecule has 0 saturated carbocycles. The van der Waals surface area contributed by atoms with Gasteiger partial charge in [0.25, 0.3) is 0 Å². The van der Waals surface area contributed by atoms with E-state index in [-0.39, 0.29) is 0 Å². The van der Waals surface area contributed by atoms with Crippen molar-refractivity contribution in [2.45, 2.75) is 0 Å². The van der Waals surface area contributed by atoms with Crippen molar-refractivity contribution in [3.63, 3.8) is 0 Å². The molecule has 10 rings (SSSR count). The predicted octanol–water partition coefficient (Wildman–Crippen LogP) is 13.3. The van der Waals surface area contributed by atoms with Gasteiger partial charge in [-0.25, -0.2) is 0 Å². The Labute approximate surface area is 282 Å². The number of hydrogen-bond donors (Lipinski definition) is 0. The van der Waals surface area contributed by atoms with Crippen LogP contribution in [0.25, 0.3) is 91.8 Å². The number of thiophene rings is 1. The van der Waals surface area contributed by atoms with Crippen LogP contribution in [0.3, 0.4) is 0 Å². The molecule has 48 heavy (non-hydrogen) atoms. The minimum absolute atomic E-state index is 1.16. The standard InChI is InChI=1S/C46H29NS/c1-3-11-30(12-4-1)33-27-34(31-13-5-2-6-14-31)29-35(28-33)32-19-21-36(22-20-32)47-42-17-9-7-16-41(42)45-38-23-24-39-37-15-8-10-18-44(37)48-46(39)40(38)25-26-43(45)47/h1-29H. The molecule has 0 amide bonds. The molecule has 2 heterocycles. The summed E-state index contributed by atoms with van der Waals surface area (Å²) in [5.41, 5.74) is 10.9. The second-order valence-electron chi connectivity index (χ2n) is 12.5. The van der Waals surface area contributed by atoms with Gasteiger partial charge in [-0.1, -0.05) is 127 Å². The van der Waals surface area contributed by atoms with Gasteiger partial charge in [-0.3, -0.25) is 0 Å². The Bertz CT molecular complexity index is 2750. The van der Waals surface area contributed by atoms with Crippen LogP contribution in [0.4, 0.5) is 0 Å². The SMILES string of the molecule is c1ccc(-c2cc(-c3ccccc3)cc(-c3ccc(-n4c5ccccc5c5c6ccc7c8ccccc8sc7c6ccc54)cc3)c2)cc1. The first-order valence-corrected chi connectivity index (χ1v) is 17.2. The van der Waals surface area contributed by atoms with Crippen molar-refractivity contribution in [2.75, 3.05) is 0 Å². The van der Waals surface area contributed by atoms with Gasteiger partial charge in [0, 0.05) is 42.0 Å². The van der Waals surface area contributed by atoms with Crippen molar-refractivity contribution < 1.29 is 0 Å². The molecule has 0 saturated heterocycles. The summed E-state index contributed by atoms with van der Waals surface area (Å²) in [4.78, 5) is 0. The van der Waals surface area contributed by atoms with Gasteiger partial charge >= 0.3 is 0 Å². The van der Waals surface area contributed by atoms with Gasteiger partial charge in [0.15, 0.2) is 0 Å². The highest BCUT2D eigenvalue weighted by atomic mass is 32.1. The fraction of sp³-hybridized carbons (Fsp3) is 0. The van der Waals surface area contributed by atoms with Crippen LogP contribution in [0.5, 0.6) is 0 Å². The van der Waals surface area contributed by atoms with Crippen LogP contribution >= 0.6 is 11.3 Å². The molecule has 0 bridgehead atoms. The molecule has 0 spiro atoms. The maximum absolute atomic E-state index is 2.43. The highest BCUT2D eigenvalue weighted by molar-refractivity contribution is 7.26. The van der Waals surface area contributed by atoms with Gasteiger partial charge in [-0.05, 0) is 87.3 Å². The molecule has 224 valence electrons. The number of fused-ring (bicyclic) bond motifs is 9. The molecule has 0 N–H and O–H groups in total. The Morgan fingerprint density at radius 1 is 0.333 bits per heavy atom. The molecule has 0 aliphatic rings. The normalized spacial score (nSPS) is 11.8. The van der Waals surface area contributed by atoms with Crippen molar-refractivity contribution in [3.8, 4) is 39.1 Å². The maximum Gasteiger partial charge on any atom is 0.0547 e. The number of rotatable bonds is 4. The summed E-state index contributed by atoms with van der Waals surface area (Å²) in [5, 5.41) is 7.91. The molecule has 10 aromatic rings. The third-order valence-electron chi connectivity index (χ3n) is 9.78. The Balaban J connectivity index is 1.14. The Kier molecular flexibility index (Phi) is 6.12. The van der Waals surface area contributed by atoms with Gasteiger partial charge in [-0.15, -0.1) is 11.3 Å². The molecule has 0 aliphatic heterocycles. The van der Waals surface area contributed by atoms with Crippen molar-refractivity contribution in [3.05, 3.63) is 176 Å². The van der Waals surface area contributed by atoms with E-state index >= 15 is 0 Å². The van der Waals surface area contributed by atoms with Crippen LogP contribution in [-0.2, 0) is 0 Å². The molecule has 2 heteroatoms. The average Bonchev–Trinajstić information content (AvgIpc) is 3.72. The Morgan fingerprint density at radius 2 is 0.854 bits per heavy atom. The summed E-state index contributed by atoms with van der Waals surface area (Å²) in [6.07, 6.45) is 0. The lowest BCUT2D eigenvalue weighted by Crippen LogP contribution is -1.94. The molecule has 8 aromatic carbocycles. The number of nitrogens with zero attached hydrogens (tertiary/aromatic N) is 1.